The van der Waals surface area contributed by atoms with E-state index < -0.39 is 0 Å². The molecule has 1 atom stereocenters. The molecule has 106 valence electrons. The number of piperazine rings is 1. The molecule has 2 nitrogen and oxygen atoms in total. The van der Waals surface area contributed by atoms with Gasteiger partial charge in [0.1, 0.15) is 0 Å². The number of nitrogens with zero attached hydrogens (tertiary/aromatic N) is 2. The van der Waals surface area contributed by atoms with E-state index in [0.717, 1.165) is 36.5 Å². The van der Waals surface area contributed by atoms with Crippen molar-refractivity contribution in [2.75, 3.05) is 31.1 Å². The average Bonchev–Trinajstić information content (AvgIpc) is 2.46. The molecule has 2 rings (SSSR count). The van der Waals surface area contributed by atoms with Crippen molar-refractivity contribution in [3.63, 3.8) is 0 Å². The smallest absolute Gasteiger partial charge is 0.0642 e. The van der Waals surface area contributed by atoms with Gasteiger partial charge in [0, 0.05) is 37.6 Å². The summed E-state index contributed by atoms with van der Waals surface area (Å²) in [6, 6.07) is 6.85. The van der Waals surface area contributed by atoms with E-state index in [-0.39, 0.29) is 0 Å². The van der Waals surface area contributed by atoms with Gasteiger partial charge in [0.15, 0.2) is 0 Å². The maximum absolute atomic E-state index is 6.39. The minimum atomic E-state index is 0.684. The van der Waals surface area contributed by atoms with Crippen molar-refractivity contribution in [1.29, 1.82) is 0 Å². The number of alkyl halides is 1. The largest absolute Gasteiger partial charge is 0.368 e. The molecular weight excluding hydrogens is 324 g/mol. The molecule has 0 aliphatic carbocycles. The van der Waals surface area contributed by atoms with Crippen LogP contribution in [0.15, 0.2) is 18.2 Å². The van der Waals surface area contributed by atoms with E-state index in [4.69, 9.17) is 11.6 Å². The van der Waals surface area contributed by atoms with Crippen LogP contribution in [-0.2, 0) is 5.33 Å². The van der Waals surface area contributed by atoms with Gasteiger partial charge in [0.05, 0.1) is 10.7 Å². The molecule has 1 aliphatic rings. The molecule has 1 unspecified atom stereocenters. The van der Waals surface area contributed by atoms with E-state index in [2.05, 4.69) is 45.6 Å². The van der Waals surface area contributed by atoms with Crippen molar-refractivity contribution < 1.29 is 0 Å². The van der Waals surface area contributed by atoms with Gasteiger partial charge in [-0.2, -0.15) is 0 Å². The Hall–Kier alpha value is -0.250. The molecule has 0 bridgehead atoms. The summed E-state index contributed by atoms with van der Waals surface area (Å²) in [5.41, 5.74) is 2.49. The van der Waals surface area contributed by atoms with Crippen LogP contribution in [0.25, 0.3) is 0 Å². The summed E-state index contributed by atoms with van der Waals surface area (Å²) in [5.74, 6) is 0. The molecule has 0 radical (unpaired) electrons. The van der Waals surface area contributed by atoms with Crippen molar-refractivity contribution in [3.8, 4) is 0 Å². The Morgan fingerprint density at radius 2 is 1.95 bits per heavy atom. The number of para-hydroxylation sites is 1. The molecule has 0 N–H and O–H groups in total. The molecule has 0 amide bonds. The van der Waals surface area contributed by atoms with Crippen molar-refractivity contribution in [2.45, 2.75) is 31.6 Å². The Morgan fingerprint density at radius 3 is 2.53 bits per heavy atom. The van der Waals surface area contributed by atoms with E-state index in [1.807, 2.05) is 12.1 Å². The topological polar surface area (TPSA) is 6.48 Å². The van der Waals surface area contributed by atoms with Gasteiger partial charge in [-0.1, -0.05) is 46.6 Å². The van der Waals surface area contributed by atoms with E-state index in [9.17, 15) is 0 Å². The van der Waals surface area contributed by atoms with Crippen LogP contribution in [0.3, 0.4) is 0 Å². The fraction of sp³-hybridized carbons (Fsp3) is 0.600. The molecule has 1 aliphatic heterocycles. The van der Waals surface area contributed by atoms with Crippen LogP contribution in [0, 0.1) is 0 Å². The summed E-state index contributed by atoms with van der Waals surface area (Å²) in [6.45, 7) is 8.95. The molecule has 1 saturated heterocycles. The third-order valence-corrected chi connectivity index (χ3v) is 4.97. The quantitative estimate of drug-likeness (QED) is 0.756. The molecule has 1 aromatic carbocycles. The molecule has 19 heavy (non-hydrogen) atoms. The molecule has 0 aromatic heterocycles. The summed E-state index contributed by atoms with van der Waals surface area (Å²) in [4.78, 5) is 5.00. The monoisotopic (exact) mass is 344 g/mol. The summed E-state index contributed by atoms with van der Waals surface area (Å²) in [7, 11) is 0. The molecule has 0 saturated carbocycles. The van der Waals surface area contributed by atoms with E-state index in [1.54, 1.807) is 0 Å². The van der Waals surface area contributed by atoms with E-state index in [0.29, 0.717) is 6.04 Å². The van der Waals surface area contributed by atoms with Crippen LogP contribution >= 0.6 is 27.5 Å². The van der Waals surface area contributed by atoms with Crippen molar-refractivity contribution in [3.05, 3.63) is 28.8 Å². The first-order valence-electron chi connectivity index (χ1n) is 6.99. The van der Waals surface area contributed by atoms with Crippen molar-refractivity contribution in [1.82, 2.24) is 4.90 Å². The highest BCUT2D eigenvalue weighted by molar-refractivity contribution is 9.08. The Labute approximate surface area is 129 Å². The maximum atomic E-state index is 6.39. The molecule has 1 fully saturated rings. The van der Waals surface area contributed by atoms with Gasteiger partial charge in [-0.15, -0.1) is 0 Å². The molecule has 1 heterocycles. The van der Waals surface area contributed by atoms with Crippen LogP contribution in [0.5, 0.6) is 0 Å². The van der Waals surface area contributed by atoms with Gasteiger partial charge in [-0.05, 0) is 25.0 Å². The first-order chi connectivity index (χ1) is 9.17. The number of anilines is 1. The summed E-state index contributed by atoms with van der Waals surface area (Å²) in [5, 5.41) is 1.73. The van der Waals surface area contributed by atoms with Crippen molar-refractivity contribution in [2.24, 2.45) is 0 Å². The molecule has 0 spiro atoms. The predicted molar refractivity (Wildman–Crippen MR) is 87.6 cm³/mol. The van der Waals surface area contributed by atoms with Crippen LogP contribution < -0.4 is 4.90 Å². The summed E-state index contributed by atoms with van der Waals surface area (Å²) < 4.78 is 0. The van der Waals surface area contributed by atoms with Gasteiger partial charge >= 0.3 is 0 Å². The first kappa shape index (κ1) is 15.1. The Kier molecular flexibility index (Phi) is 5.55. The molecular formula is C15H22BrClN2. The second-order valence-electron chi connectivity index (χ2n) is 5.16. The highest BCUT2D eigenvalue weighted by Gasteiger charge is 2.22. The van der Waals surface area contributed by atoms with Crippen LogP contribution in [0.2, 0.25) is 5.02 Å². The predicted octanol–water partition coefficient (Wildman–Crippen LogP) is 4.16. The number of hydrogen-bond donors (Lipinski definition) is 0. The second-order valence-corrected chi connectivity index (χ2v) is 6.13. The number of halogens is 2. The van der Waals surface area contributed by atoms with Crippen LogP contribution in [0.4, 0.5) is 5.69 Å². The Morgan fingerprint density at radius 1 is 1.26 bits per heavy atom. The fourth-order valence-corrected chi connectivity index (χ4v) is 3.43. The van der Waals surface area contributed by atoms with Crippen LogP contribution in [0.1, 0.15) is 25.8 Å². The highest BCUT2D eigenvalue weighted by atomic mass is 79.9. The lowest BCUT2D eigenvalue weighted by atomic mass is 10.1. The van der Waals surface area contributed by atoms with Crippen molar-refractivity contribution >= 4 is 33.2 Å². The average molecular weight is 346 g/mol. The zero-order valence-electron chi connectivity index (χ0n) is 11.7. The number of hydrogen-bond acceptors (Lipinski definition) is 2. The van der Waals surface area contributed by atoms with Gasteiger partial charge in [0.25, 0.3) is 0 Å². The van der Waals surface area contributed by atoms with E-state index >= 15 is 0 Å². The minimum Gasteiger partial charge on any atom is -0.368 e. The zero-order valence-corrected chi connectivity index (χ0v) is 14.0. The lowest BCUT2D eigenvalue weighted by molar-refractivity contribution is 0.193. The molecule has 1 aromatic rings. The van der Waals surface area contributed by atoms with Crippen LogP contribution in [-0.4, -0.2) is 37.1 Å². The molecule has 4 heteroatoms. The van der Waals surface area contributed by atoms with Gasteiger partial charge in [-0.3, -0.25) is 4.90 Å². The highest BCUT2D eigenvalue weighted by Crippen LogP contribution is 2.32. The summed E-state index contributed by atoms with van der Waals surface area (Å²) >= 11 is 9.95. The number of rotatable bonds is 4. The summed E-state index contributed by atoms with van der Waals surface area (Å²) in [6.07, 6.45) is 1.22. The van der Waals surface area contributed by atoms with Gasteiger partial charge in [-0.25, -0.2) is 0 Å². The number of benzene rings is 1. The lowest BCUT2D eigenvalue weighted by Gasteiger charge is -2.39. The zero-order chi connectivity index (χ0) is 13.8. The third kappa shape index (κ3) is 3.45. The minimum absolute atomic E-state index is 0.684. The normalized spacial score (nSPS) is 18.6. The Balaban J connectivity index is 2.09. The first-order valence-corrected chi connectivity index (χ1v) is 8.49. The van der Waals surface area contributed by atoms with E-state index in [1.165, 1.54) is 17.7 Å². The SMILES string of the molecule is CCC(C)N1CCN(c2c(Cl)cccc2CBr)CC1. The standard InChI is InChI=1S/C15H22BrClN2/c1-3-12(2)18-7-9-19(10-8-18)15-13(11-16)5-4-6-14(15)17/h4-6,12H,3,7-11H2,1-2H3. The third-order valence-electron chi connectivity index (χ3n) is 4.06. The second kappa shape index (κ2) is 6.96. The van der Waals surface area contributed by atoms with Gasteiger partial charge < -0.3 is 4.90 Å². The lowest BCUT2D eigenvalue weighted by Crippen LogP contribution is -2.49. The fourth-order valence-electron chi connectivity index (χ4n) is 2.67. The van der Waals surface area contributed by atoms with Gasteiger partial charge in [0.2, 0.25) is 0 Å². The maximum Gasteiger partial charge on any atom is 0.0642 e. The Bertz CT molecular complexity index is 417.